The summed E-state index contributed by atoms with van der Waals surface area (Å²) in [5.74, 6) is 0.819. The summed E-state index contributed by atoms with van der Waals surface area (Å²) < 4.78 is 2.21. The van der Waals surface area contributed by atoms with Crippen LogP contribution in [-0.4, -0.2) is 25.6 Å². The molecule has 5 rings (SSSR count). The van der Waals surface area contributed by atoms with Crippen molar-refractivity contribution in [3.05, 3.63) is 101 Å². The van der Waals surface area contributed by atoms with Crippen molar-refractivity contribution in [1.82, 2.24) is 19.9 Å². The second-order valence-electron chi connectivity index (χ2n) is 9.03. The lowest BCUT2D eigenvalue weighted by Gasteiger charge is -2.28. The van der Waals surface area contributed by atoms with Gasteiger partial charge in [-0.2, -0.15) is 0 Å². The molecule has 4 aromatic rings. The molecular weight excluding hydrogens is 468 g/mol. The molecule has 1 amide bonds. The lowest BCUT2D eigenvalue weighted by atomic mass is 9.96. The number of carbonyl (C=O) groups excluding carboxylic acids is 1. The van der Waals surface area contributed by atoms with Gasteiger partial charge in [-0.3, -0.25) is 9.78 Å². The Kier molecular flexibility index (Phi) is 6.28. The molecule has 3 aromatic heterocycles. The maximum atomic E-state index is 11.5. The van der Waals surface area contributed by atoms with Crippen molar-refractivity contribution in [2.45, 2.75) is 39.8 Å². The van der Waals surface area contributed by atoms with Gasteiger partial charge in [0, 0.05) is 42.1 Å². The average molecular weight is 497 g/mol. The van der Waals surface area contributed by atoms with E-state index in [0.717, 1.165) is 45.4 Å². The van der Waals surface area contributed by atoms with Gasteiger partial charge in [0.2, 0.25) is 5.91 Å². The van der Waals surface area contributed by atoms with Crippen molar-refractivity contribution in [2.75, 3.05) is 10.2 Å². The number of carbonyl (C=O) groups is 1. The second-order valence-corrected chi connectivity index (χ2v) is 9.42. The summed E-state index contributed by atoms with van der Waals surface area (Å²) in [5, 5.41) is 6.98. The lowest BCUT2D eigenvalue weighted by molar-refractivity contribution is -0.114. The highest BCUT2D eigenvalue weighted by molar-refractivity contribution is 7.80. The monoisotopic (exact) mass is 496 g/mol. The van der Waals surface area contributed by atoms with Crippen LogP contribution in [0.4, 0.5) is 11.4 Å². The second kappa shape index (κ2) is 9.54. The highest BCUT2D eigenvalue weighted by Gasteiger charge is 2.42. The van der Waals surface area contributed by atoms with Gasteiger partial charge in [-0.1, -0.05) is 12.1 Å². The van der Waals surface area contributed by atoms with Gasteiger partial charge in [0.25, 0.3) is 0 Å². The number of amides is 1. The summed E-state index contributed by atoms with van der Waals surface area (Å²) >= 11 is 5.87. The van der Waals surface area contributed by atoms with Crippen LogP contribution in [0.2, 0.25) is 0 Å². The van der Waals surface area contributed by atoms with E-state index < -0.39 is 0 Å². The third-order valence-corrected chi connectivity index (χ3v) is 6.86. The Balaban J connectivity index is 1.64. The van der Waals surface area contributed by atoms with Crippen LogP contribution >= 0.6 is 12.2 Å². The quantitative estimate of drug-likeness (QED) is 0.364. The molecule has 0 aliphatic carbocycles. The Morgan fingerprint density at radius 1 is 1.00 bits per heavy atom. The topological polar surface area (TPSA) is 75.1 Å². The molecular formula is C28H28N6OS. The molecule has 8 heteroatoms. The van der Waals surface area contributed by atoms with Crippen LogP contribution in [0.3, 0.4) is 0 Å². The van der Waals surface area contributed by atoms with Crippen LogP contribution in [0.1, 0.15) is 47.2 Å². The van der Waals surface area contributed by atoms with Gasteiger partial charge >= 0.3 is 0 Å². The minimum atomic E-state index is -0.146. The number of anilines is 2. The van der Waals surface area contributed by atoms with Crippen molar-refractivity contribution >= 4 is 34.6 Å². The number of hydrogen-bond donors (Lipinski definition) is 2. The normalized spacial score (nSPS) is 17.2. The molecule has 0 bridgehead atoms. The van der Waals surface area contributed by atoms with Crippen LogP contribution in [0.25, 0.3) is 5.82 Å². The van der Waals surface area contributed by atoms with E-state index in [2.05, 4.69) is 63.0 Å². The van der Waals surface area contributed by atoms with Gasteiger partial charge in [-0.15, -0.1) is 0 Å². The molecule has 0 saturated carbocycles. The Morgan fingerprint density at radius 2 is 1.75 bits per heavy atom. The number of hydrogen-bond acceptors (Lipinski definition) is 4. The molecule has 2 atom stereocenters. The third-order valence-electron chi connectivity index (χ3n) is 6.55. The van der Waals surface area contributed by atoms with Crippen molar-refractivity contribution in [3.63, 3.8) is 0 Å². The van der Waals surface area contributed by atoms with Gasteiger partial charge in [0.15, 0.2) is 5.11 Å². The fourth-order valence-electron chi connectivity index (χ4n) is 4.98. The largest absolute Gasteiger partial charge is 0.351 e. The summed E-state index contributed by atoms with van der Waals surface area (Å²) in [6, 6.07) is 19.7. The smallest absolute Gasteiger partial charge is 0.221 e. The fourth-order valence-corrected chi connectivity index (χ4v) is 5.33. The van der Waals surface area contributed by atoms with Crippen LogP contribution in [0.5, 0.6) is 0 Å². The van der Waals surface area contributed by atoms with Crippen molar-refractivity contribution in [1.29, 1.82) is 0 Å². The molecule has 0 radical (unpaired) electrons. The van der Waals surface area contributed by atoms with E-state index in [1.165, 1.54) is 6.92 Å². The van der Waals surface area contributed by atoms with E-state index in [4.69, 9.17) is 12.2 Å². The van der Waals surface area contributed by atoms with Gasteiger partial charge in [-0.05, 0) is 92.6 Å². The zero-order valence-electron chi connectivity index (χ0n) is 20.7. The molecule has 7 nitrogen and oxygen atoms in total. The Hall–Kier alpha value is -4.04. The predicted molar refractivity (Wildman–Crippen MR) is 146 cm³/mol. The minimum absolute atomic E-state index is 0.105. The van der Waals surface area contributed by atoms with E-state index in [0.29, 0.717) is 5.11 Å². The number of nitrogens with one attached hydrogen (secondary N) is 2. The number of benzene rings is 1. The summed E-state index contributed by atoms with van der Waals surface area (Å²) in [7, 11) is 0. The zero-order chi connectivity index (χ0) is 25.4. The summed E-state index contributed by atoms with van der Waals surface area (Å²) in [4.78, 5) is 23.0. The number of aryl methyl sites for hydroxylation is 2. The SMILES string of the molecule is CC(=O)Nc1ccc(N2C(=S)N[C@H](c3ccccn3)[C@H]2c2cc(C)n(-c3ncccc3C)c2C)cc1. The first-order chi connectivity index (χ1) is 17.3. The van der Waals surface area contributed by atoms with E-state index >= 15 is 0 Å². The standard InChI is InChI=1S/C28H28N6OS/c1-17-8-7-15-30-27(17)33-18(2)16-23(19(33)3)26-25(24-9-5-6-14-29-24)32-28(36)34(26)22-12-10-21(11-13-22)31-20(4)35/h5-16,25-26H,1-4H3,(H,31,35)(H,32,36)/t25-,26-/m1/s1. The van der Waals surface area contributed by atoms with Crippen LogP contribution < -0.4 is 15.5 Å². The van der Waals surface area contributed by atoms with E-state index in [1.807, 2.05) is 60.9 Å². The first kappa shape index (κ1) is 23.7. The van der Waals surface area contributed by atoms with E-state index in [-0.39, 0.29) is 18.0 Å². The van der Waals surface area contributed by atoms with Crippen LogP contribution in [-0.2, 0) is 4.79 Å². The molecule has 1 aliphatic heterocycles. The summed E-state index contributed by atoms with van der Waals surface area (Å²) in [5.41, 5.74) is 7.05. The summed E-state index contributed by atoms with van der Waals surface area (Å²) in [6.45, 7) is 7.81. The minimum Gasteiger partial charge on any atom is -0.351 e. The highest BCUT2D eigenvalue weighted by atomic mass is 32.1. The molecule has 182 valence electrons. The van der Waals surface area contributed by atoms with Gasteiger partial charge in [0.05, 0.1) is 17.8 Å². The van der Waals surface area contributed by atoms with Crippen molar-refractivity contribution < 1.29 is 4.79 Å². The molecule has 2 N–H and O–H groups in total. The molecule has 1 fully saturated rings. The predicted octanol–water partition coefficient (Wildman–Crippen LogP) is 5.33. The zero-order valence-corrected chi connectivity index (χ0v) is 21.5. The van der Waals surface area contributed by atoms with Gasteiger partial charge < -0.3 is 20.1 Å². The highest BCUT2D eigenvalue weighted by Crippen LogP contribution is 2.43. The third kappa shape index (κ3) is 4.24. The van der Waals surface area contributed by atoms with E-state index in [9.17, 15) is 4.79 Å². The first-order valence-corrected chi connectivity index (χ1v) is 12.2. The molecule has 1 aromatic carbocycles. The fraction of sp³-hybridized carbons (Fsp3) is 0.214. The molecule has 1 aliphatic rings. The molecule has 4 heterocycles. The average Bonchev–Trinajstić information content (AvgIpc) is 3.35. The Labute approximate surface area is 216 Å². The van der Waals surface area contributed by atoms with Gasteiger partial charge in [0.1, 0.15) is 5.82 Å². The maximum absolute atomic E-state index is 11.5. The van der Waals surface area contributed by atoms with Crippen LogP contribution in [0.15, 0.2) is 73.1 Å². The van der Waals surface area contributed by atoms with Crippen molar-refractivity contribution in [2.24, 2.45) is 0 Å². The number of rotatable bonds is 5. The molecule has 0 spiro atoms. The lowest BCUT2D eigenvalue weighted by Crippen LogP contribution is -2.29. The molecule has 0 unspecified atom stereocenters. The number of nitrogens with zero attached hydrogens (tertiary/aromatic N) is 4. The Bertz CT molecular complexity index is 1430. The maximum Gasteiger partial charge on any atom is 0.221 e. The van der Waals surface area contributed by atoms with E-state index in [1.54, 1.807) is 0 Å². The molecule has 36 heavy (non-hydrogen) atoms. The van der Waals surface area contributed by atoms with Gasteiger partial charge in [-0.25, -0.2) is 4.98 Å². The van der Waals surface area contributed by atoms with Crippen molar-refractivity contribution in [3.8, 4) is 5.82 Å². The van der Waals surface area contributed by atoms with Crippen LogP contribution in [0, 0.1) is 20.8 Å². The number of aromatic nitrogens is 3. The number of pyridine rings is 2. The Morgan fingerprint density at radius 3 is 2.42 bits per heavy atom. The molecule has 1 saturated heterocycles. The number of thiocarbonyl (C=S) groups is 1. The first-order valence-electron chi connectivity index (χ1n) is 11.8. The summed E-state index contributed by atoms with van der Waals surface area (Å²) in [6.07, 6.45) is 3.63.